The summed E-state index contributed by atoms with van der Waals surface area (Å²) < 4.78 is 10.4. The Balaban J connectivity index is 1.96. The molecular formula is C17H20N2O4S. The quantitative estimate of drug-likeness (QED) is 0.777. The standard InChI is InChI=1S/C17H20N2O4S/c1-10-16(11(2)20)24-17(18-10)19-15(21)8-6-12-5-7-13(22-3)14(9-12)23-4/h5,7,9H,6,8H2,1-4H3,(H,18,19,21). The topological polar surface area (TPSA) is 77.5 Å². The molecule has 2 aromatic rings. The second-order valence-electron chi connectivity index (χ2n) is 5.23. The smallest absolute Gasteiger partial charge is 0.226 e. The third-order valence-corrected chi connectivity index (χ3v) is 4.63. The molecule has 0 atom stereocenters. The molecule has 2 rings (SSSR count). The van der Waals surface area contributed by atoms with Gasteiger partial charge in [0.15, 0.2) is 22.4 Å². The van der Waals surface area contributed by atoms with Crippen molar-refractivity contribution >= 4 is 28.2 Å². The summed E-state index contributed by atoms with van der Waals surface area (Å²) >= 11 is 1.20. The van der Waals surface area contributed by atoms with Crippen LogP contribution in [0, 0.1) is 6.92 Å². The number of carbonyl (C=O) groups excluding carboxylic acids is 2. The van der Waals surface area contributed by atoms with E-state index in [0.29, 0.717) is 40.0 Å². The van der Waals surface area contributed by atoms with Gasteiger partial charge in [0.25, 0.3) is 0 Å². The van der Waals surface area contributed by atoms with Crippen LogP contribution in [0.2, 0.25) is 0 Å². The third-order valence-electron chi connectivity index (χ3n) is 3.45. The molecule has 0 fully saturated rings. The van der Waals surface area contributed by atoms with Crippen molar-refractivity contribution in [3.8, 4) is 11.5 Å². The summed E-state index contributed by atoms with van der Waals surface area (Å²) in [5, 5.41) is 3.19. The lowest BCUT2D eigenvalue weighted by molar-refractivity contribution is -0.116. The van der Waals surface area contributed by atoms with Crippen molar-refractivity contribution in [2.24, 2.45) is 0 Å². The molecule has 0 saturated carbocycles. The van der Waals surface area contributed by atoms with Gasteiger partial charge in [0.2, 0.25) is 5.91 Å². The average molecular weight is 348 g/mol. The highest BCUT2D eigenvalue weighted by Crippen LogP contribution is 2.28. The van der Waals surface area contributed by atoms with Gasteiger partial charge in [0.1, 0.15) is 0 Å². The molecule has 1 heterocycles. The highest BCUT2D eigenvalue weighted by molar-refractivity contribution is 7.17. The van der Waals surface area contributed by atoms with Crippen LogP contribution < -0.4 is 14.8 Å². The summed E-state index contributed by atoms with van der Waals surface area (Å²) in [4.78, 5) is 28.3. The fraction of sp³-hybridized carbons (Fsp3) is 0.353. The van der Waals surface area contributed by atoms with Crippen molar-refractivity contribution in [1.29, 1.82) is 0 Å². The summed E-state index contributed by atoms with van der Waals surface area (Å²) in [5.74, 6) is 1.10. The van der Waals surface area contributed by atoms with Crippen molar-refractivity contribution in [2.75, 3.05) is 19.5 Å². The number of nitrogens with one attached hydrogen (secondary N) is 1. The van der Waals surface area contributed by atoms with Crippen molar-refractivity contribution in [3.05, 3.63) is 34.3 Å². The molecule has 0 aliphatic carbocycles. The number of anilines is 1. The number of thiazole rings is 1. The fourth-order valence-electron chi connectivity index (χ4n) is 2.25. The first kappa shape index (κ1) is 17.9. The van der Waals surface area contributed by atoms with Gasteiger partial charge >= 0.3 is 0 Å². The number of hydrogen-bond donors (Lipinski definition) is 1. The molecule has 6 nitrogen and oxygen atoms in total. The molecule has 0 saturated heterocycles. The summed E-state index contributed by atoms with van der Waals surface area (Å²) in [6.07, 6.45) is 0.875. The van der Waals surface area contributed by atoms with E-state index in [9.17, 15) is 9.59 Å². The fourth-order valence-corrected chi connectivity index (χ4v) is 3.13. The van der Waals surface area contributed by atoms with E-state index in [4.69, 9.17) is 9.47 Å². The molecule has 0 bridgehead atoms. The van der Waals surface area contributed by atoms with Crippen LogP contribution >= 0.6 is 11.3 Å². The Labute approximate surface area is 144 Å². The number of benzene rings is 1. The first-order valence-corrected chi connectivity index (χ1v) is 8.25. The van der Waals surface area contributed by atoms with Gasteiger partial charge in [0, 0.05) is 13.3 Å². The Morgan fingerprint density at radius 3 is 2.50 bits per heavy atom. The third kappa shape index (κ3) is 4.32. The van der Waals surface area contributed by atoms with E-state index < -0.39 is 0 Å². The number of Topliss-reactive ketones (excluding diaryl/α,β-unsaturated/α-hetero) is 1. The summed E-state index contributed by atoms with van der Waals surface area (Å²) in [5.41, 5.74) is 1.62. The lowest BCUT2D eigenvalue weighted by Gasteiger charge is -2.09. The van der Waals surface area contributed by atoms with E-state index in [1.54, 1.807) is 21.1 Å². The Morgan fingerprint density at radius 1 is 1.21 bits per heavy atom. The molecule has 128 valence electrons. The van der Waals surface area contributed by atoms with Crippen LogP contribution in [-0.4, -0.2) is 30.9 Å². The Bertz CT molecular complexity index is 755. The van der Waals surface area contributed by atoms with Gasteiger partial charge in [-0.05, 0) is 31.0 Å². The number of ether oxygens (including phenoxy) is 2. The van der Waals surface area contributed by atoms with E-state index >= 15 is 0 Å². The Hall–Kier alpha value is -2.41. The summed E-state index contributed by atoms with van der Waals surface area (Å²) in [7, 11) is 3.15. The van der Waals surface area contributed by atoms with Crippen LogP contribution in [0.5, 0.6) is 11.5 Å². The number of amides is 1. The number of methoxy groups -OCH3 is 2. The van der Waals surface area contributed by atoms with Gasteiger partial charge in [-0.2, -0.15) is 0 Å². The van der Waals surface area contributed by atoms with Crippen LogP contribution in [0.15, 0.2) is 18.2 Å². The molecule has 24 heavy (non-hydrogen) atoms. The Morgan fingerprint density at radius 2 is 1.92 bits per heavy atom. The molecule has 1 aromatic heterocycles. The van der Waals surface area contributed by atoms with Crippen molar-refractivity contribution in [1.82, 2.24) is 4.98 Å². The molecule has 1 aromatic carbocycles. The monoisotopic (exact) mass is 348 g/mol. The maximum absolute atomic E-state index is 12.1. The van der Waals surface area contributed by atoms with Gasteiger partial charge in [-0.1, -0.05) is 17.4 Å². The SMILES string of the molecule is COc1ccc(CCC(=O)Nc2nc(C)c(C(C)=O)s2)cc1OC. The number of aromatic nitrogens is 1. The van der Waals surface area contributed by atoms with E-state index in [1.807, 2.05) is 18.2 Å². The van der Waals surface area contributed by atoms with Gasteiger partial charge in [-0.15, -0.1) is 0 Å². The largest absolute Gasteiger partial charge is 0.493 e. The zero-order chi connectivity index (χ0) is 17.7. The number of nitrogens with zero attached hydrogens (tertiary/aromatic N) is 1. The second kappa shape index (κ2) is 7.92. The molecule has 0 radical (unpaired) electrons. The number of aryl methyl sites for hydroxylation is 2. The van der Waals surface area contributed by atoms with Crippen LogP contribution in [0.25, 0.3) is 0 Å². The van der Waals surface area contributed by atoms with Crippen molar-refractivity contribution in [2.45, 2.75) is 26.7 Å². The first-order chi connectivity index (χ1) is 11.4. The normalized spacial score (nSPS) is 10.3. The zero-order valence-corrected chi connectivity index (χ0v) is 15.0. The maximum Gasteiger partial charge on any atom is 0.226 e. The average Bonchev–Trinajstić information content (AvgIpc) is 2.93. The Kier molecular flexibility index (Phi) is 5.92. The number of hydrogen-bond acceptors (Lipinski definition) is 6. The molecule has 0 aliphatic rings. The van der Waals surface area contributed by atoms with Crippen molar-refractivity contribution < 1.29 is 19.1 Å². The molecule has 1 N–H and O–H groups in total. The minimum Gasteiger partial charge on any atom is -0.493 e. The number of rotatable bonds is 7. The van der Waals surface area contributed by atoms with Gasteiger partial charge < -0.3 is 14.8 Å². The van der Waals surface area contributed by atoms with E-state index in [1.165, 1.54) is 18.3 Å². The highest BCUT2D eigenvalue weighted by Gasteiger charge is 2.13. The van der Waals surface area contributed by atoms with Crippen LogP contribution in [0.4, 0.5) is 5.13 Å². The molecule has 7 heteroatoms. The molecular weight excluding hydrogens is 328 g/mol. The van der Waals surface area contributed by atoms with E-state index in [2.05, 4.69) is 10.3 Å². The molecule has 1 amide bonds. The molecule has 0 unspecified atom stereocenters. The lowest BCUT2D eigenvalue weighted by Crippen LogP contribution is -2.12. The predicted molar refractivity (Wildman–Crippen MR) is 93.4 cm³/mol. The van der Waals surface area contributed by atoms with Gasteiger partial charge in [0.05, 0.1) is 24.8 Å². The van der Waals surface area contributed by atoms with E-state index in [0.717, 1.165) is 5.56 Å². The first-order valence-electron chi connectivity index (χ1n) is 7.43. The van der Waals surface area contributed by atoms with Gasteiger partial charge in [-0.3, -0.25) is 9.59 Å². The minimum atomic E-state index is -0.145. The lowest BCUT2D eigenvalue weighted by atomic mass is 10.1. The molecule has 0 aliphatic heterocycles. The number of ketones is 1. The van der Waals surface area contributed by atoms with Crippen LogP contribution in [0.3, 0.4) is 0 Å². The second-order valence-corrected chi connectivity index (χ2v) is 6.23. The summed E-state index contributed by atoms with van der Waals surface area (Å²) in [6.45, 7) is 3.25. The van der Waals surface area contributed by atoms with Crippen molar-refractivity contribution in [3.63, 3.8) is 0 Å². The van der Waals surface area contributed by atoms with Gasteiger partial charge in [-0.25, -0.2) is 4.98 Å². The van der Waals surface area contributed by atoms with Crippen LogP contribution in [0.1, 0.15) is 34.3 Å². The maximum atomic E-state index is 12.1. The van der Waals surface area contributed by atoms with E-state index in [-0.39, 0.29) is 11.7 Å². The minimum absolute atomic E-state index is 0.0455. The summed E-state index contributed by atoms with van der Waals surface area (Å²) in [6, 6.07) is 5.57. The highest BCUT2D eigenvalue weighted by atomic mass is 32.1. The zero-order valence-electron chi connectivity index (χ0n) is 14.1. The predicted octanol–water partition coefficient (Wildman–Crippen LogP) is 3.24. The molecule has 0 spiro atoms. The number of carbonyl (C=O) groups is 2. The van der Waals surface area contributed by atoms with Crippen LogP contribution in [-0.2, 0) is 11.2 Å².